The molecule has 0 atom stereocenters. The first-order valence-electron chi connectivity index (χ1n) is 3.79. The van der Waals surface area contributed by atoms with Crippen LogP contribution in [0.1, 0.15) is 0 Å². The van der Waals surface area contributed by atoms with Crippen LogP contribution in [0.4, 0.5) is 5.13 Å². The summed E-state index contributed by atoms with van der Waals surface area (Å²) in [7, 11) is 0. The summed E-state index contributed by atoms with van der Waals surface area (Å²) in [5.41, 5.74) is 12.1. The number of nitrogens with one attached hydrogen (secondary N) is 1. The average molecular weight is 208 g/mol. The van der Waals surface area contributed by atoms with Gasteiger partial charge < -0.3 is 16.5 Å². The lowest BCUT2D eigenvalue weighted by Gasteiger charge is -1.87. The molecule has 0 saturated carbocycles. The molecule has 0 aromatic carbocycles. The second kappa shape index (κ2) is 3.46. The number of H-pyrrole nitrogens is 1. The van der Waals surface area contributed by atoms with Crippen molar-refractivity contribution < 1.29 is 0 Å². The van der Waals surface area contributed by atoms with E-state index < -0.39 is 0 Å². The maximum absolute atomic E-state index is 5.23. The monoisotopic (exact) mass is 208 g/mol. The number of guanidine groups is 1. The second-order valence-corrected chi connectivity index (χ2v) is 3.35. The van der Waals surface area contributed by atoms with E-state index in [2.05, 4.69) is 19.9 Å². The SMILES string of the molecule is NC(N)=Nc1nc(-c2cnc[nH]2)cs1. The molecule has 0 spiro atoms. The lowest BCUT2D eigenvalue weighted by Crippen LogP contribution is -2.21. The number of aliphatic imine (C=N–C) groups is 1. The molecule has 6 nitrogen and oxygen atoms in total. The third kappa shape index (κ3) is 1.72. The number of nitrogens with zero attached hydrogens (tertiary/aromatic N) is 3. The largest absolute Gasteiger partial charge is 0.370 e. The molecular formula is C7H8N6S. The number of hydrogen-bond acceptors (Lipinski definition) is 4. The summed E-state index contributed by atoms with van der Waals surface area (Å²) in [6.07, 6.45) is 3.28. The van der Waals surface area contributed by atoms with Crippen LogP contribution in [0.5, 0.6) is 0 Å². The van der Waals surface area contributed by atoms with Gasteiger partial charge in [0.25, 0.3) is 0 Å². The Labute approximate surface area is 83.7 Å². The van der Waals surface area contributed by atoms with Gasteiger partial charge in [-0.05, 0) is 0 Å². The number of thiazole rings is 1. The van der Waals surface area contributed by atoms with Gasteiger partial charge >= 0.3 is 0 Å². The quantitative estimate of drug-likeness (QED) is 0.491. The van der Waals surface area contributed by atoms with Crippen LogP contribution in [-0.4, -0.2) is 20.9 Å². The molecule has 0 amide bonds. The molecule has 72 valence electrons. The third-order valence-corrected chi connectivity index (χ3v) is 2.23. The van der Waals surface area contributed by atoms with Crippen LogP contribution in [0, 0.1) is 0 Å². The van der Waals surface area contributed by atoms with Crippen molar-refractivity contribution >= 4 is 22.4 Å². The van der Waals surface area contributed by atoms with E-state index in [1.165, 1.54) is 11.3 Å². The molecule has 2 aromatic rings. The first-order valence-corrected chi connectivity index (χ1v) is 4.67. The summed E-state index contributed by atoms with van der Waals surface area (Å²) in [5.74, 6) is 0.00973. The van der Waals surface area contributed by atoms with Gasteiger partial charge in [0.15, 0.2) is 5.96 Å². The van der Waals surface area contributed by atoms with Crippen LogP contribution in [0.3, 0.4) is 0 Å². The molecule has 0 unspecified atom stereocenters. The predicted molar refractivity (Wildman–Crippen MR) is 55.2 cm³/mol. The number of rotatable bonds is 2. The molecule has 0 bridgehead atoms. The van der Waals surface area contributed by atoms with Crippen LogP contribution in [0.2, 0.25) is 0 Å². The summed E-state index contributed by atoms with van der Waals surface area (Å²) in [6, 6.07) is 0. The molecule has 0 aliphatic rings. The molecule has 0 fully saturated rings. The zero-order valence-corrected chi connectivity index (χ0v) is 7.95. The van der Waals surface area contributed by atoms with E-state index in [0.29, 0.717) is 5.13 Å². The van der Waals surface area contributed by atoms with Crippen molar-refractivity contribution in [2.45, 2.75) is 0 Å². The molecule has 2 heterocycles. The summed E-state index contributed by atoms with van der Waals surface area (Å²) < 4.78 is 0. The third-order valence-electron chi connectivity index (χ3n) is 1.49. The minimum atomic E-state index is 0.00973. The highest BCUT2D eigenvalue weighted by molar-refractivity contribution is 7.13. The van der Waals surface area contributed by atoms with Crippen LogP contribution in [0.15, 0.2) is 22.9 Å². The van der Waals surface area contributed by atoms with Gasteiger partial charge in [-0.1, -0.05) is 0 Å². The van der Waals surface area contributed by atoms with Crippen molar-refractivity contribution in [1.29, 1.82) is 0 Å². The standard InChI is InChI=1S/C7H8N6S/c8-6(9)13-7-12-5(2-14-7)4-1-10-3-11-4/h1-3H,(H,10,11)(H4,8,9,12,13). The molecule has 0 aliphatic carbocycles. The Bertz CT molecular complexity index is 438. The molecule has 2 rings (SSSR count). The minimum absolute atomic E-state index is 0.00973. The summed E-state index contributed by atoms with van der Waals surface area (Å²) in [6.45, 7) is 0. The van der Waals surface area contributed by atoms with Crippen molar-refractivity contribution in [3.8, 4) is 11.4 Å². The van der Waals surface area contributed by atoms with Crippen LogP contribution >= 0.6 is 11.3 Å². The molecule has 0 radical (unpaired) electrons. The number of aromatic nitrogens is 3. The second-order valence-electron chi connectivity index (χ2n) is 2.52. The topological polar surface area (TPSA) is 106 Å². The van der Waals surface area contributed by atoms with Gasteiger partial charge in [0.05, 0.1) is 18.2 Å². The van der Waals surface area contributed by atoms with E-state index in [1.54, 1.807) is 12.5 Å². The Hall–Kier alpha value is -1.89. The van der Waals surface area contributed by atoms with E-state index in [-0.39, 0.29) is 5.96 Å². The van der Waals surface area contributed by atoms with Gasteiger partial charge in [-0.15, -0.1) is 11.3 Å². The van der Waals surface area contributed by atoms with Crippen molar-refractivity contribution in [1.82, 2.24) is 15.0 Å². The predicted octanol–water partition coefficient (Wildman–Crippen LogP) is 0.438. The molecule has 5 N–H and O–H groups in total. The lowest BCUT2D eigenvalue weighted by molar-refractivity contribution is 1.28. The number of nitrogens with two attached hydrogens (primary N) is 2. The first kappa shape index (κ1) is 8.70. The van der Waals surface area contributed by atoms with Gasteiger partial charge in [0.1, 0.15) is 5.69 Å². The van der Waals surface area contributed by atoms with Crippen molar-refractivity contribution in [3.05, 3.63) is 17.9 Å². The van der Waals surface area contributed by atoms with E-state index in [9.17, 15) is 0 Å². The van der Waals surface area contributed by atoms with Crippen LogP contribution in [0.25, 0.3) is 11.4 Å². The Kier molecular flexibility index (Phi) is 2.15. The molecule has 14 heavy (non-hydrogen) atoms. The van der Waals surface area contributed by atoms with E-state index >= 15 is 0 Å². The van der Waals surface area contributed by atoms with Gasteiger partial charge in [0.2, 0.25) is 5.13 Å². The summed E-state index contributed by atoms with van der Waals surface area (Å²) >= 11 is 1.37. The van der Waals surface area contributed by atoms with E-state index in [1.807, 2.05) is 5.38 Å². The minimum Gasteiger partial charge on any atom is -0.370 e. The first-order chi connectivity index (χ1) is 6.75. The molecule has 0 aliphatic heterocycles. The van der Waals surface area contributed by atoms with Crippen LogP contribution in [-0.2, 0) is 0 Å². The fourth-order valence-corrected chi connectivity index (χ4v) is 1.65. The summed E-state index contributed by atoms with van der Waals surface area (Å²) in [5, 5.41) is 2.39. The van der Waals surface area contributed by atoms with Gasteiger partial charge in [0, 0.05) is 5.38 Å². The van der Waals surface area contributed by atoms with Crippen molar-refractivity contribution in [3.63, 3.8) is 0 Å². The zero-order chi connectivity index (χ0) is 9.97. The number of aromatic amines is 1. The van der Waals surface area contributed by atoms with Gasteiger partial charge in [-0.2, -0.15) is 4.99 Å². The maximum atomic E-state index is 5.23. The Morgan fingerprint density at radius 1 is 1.50 bits per heavy atom. The highest BCUT2D eigenvalue weighted by Gasteiger charge is 2.04. The van der Waals surface area contributed by atoms with Gasteiger partial charge in [-0.25, -0.2) is 9.97 Å². The summed E-state index contributed by atoms with van der Waals surface area (Å²) in [4.78, 5) is 14.9. The van der Waals surface area contributed by atoms with Crippen molar-refractivity contribution in [2.24, 2.45) is 16.5 Å². The molecule has 7 heteroatoms. The van der Waals surface area contributed by atoms with Crippen molar-refractivity contribution in [2.75, 3.05) is 0 Å². The molecule has 0 saturated heterocycles. The molecular weight excluding hydrogens is 200 g/mol. The fourth-order valence-electron chi connectivity index (χ4n) is 0.946. The normalized spacial score (nSPS) is 10.0. The number of imidazole rings is 1. The molecule has 2 aromatic heterocycles. The zero-order valence-electron chi connectivity index (χ0n) is 7.14. The Morgan fingerprint density at radius 2 is 2.36 bits per heavy atom. The van der Waals surface area contributed by atoms with E-state index in [4.69, 9.17) is 11.5 Å². The highest BCUT2D eigenvalue weighted by atomic mass is 32.1. The Balaban J connectivity index is 2.31. The lowest BCUT2D eigenvalue weighted by atomic mass is 10.4. The smallest absolute Gasteiger partial charge is 0.212 e. The van der Waals surface area contributed by atoms with Crippen LogP contribution < -0.4 is 11.5 Å². The fraction of sp³-hybridized carbons (Fsp3) is 0. The number of hydrogen-bond donors (Lipinski definition) is 3. The highest BCUT2D eigenvalue weighted by Crippen LogP contribution is 2.24. The maximum Gasteiger partial charge on any atom is 0.212 e. The van der Waals surface area contributed by atoms with E-state index in [0.717, 1.165) is 11.4 Å². The average Bonchev–Trinajstić information content (AvgIpc) is 2.69. The Morgan fingerprint density at radius 3 is 3.00 bits per heavy atom. The van der Waals surface area contributed by atoms with Gasteiger partial charge in [-0.3, -0.25) is 0 Å².